The summed E-state index contributed by atoms with van der Waals surface area (Å²) in [6, 6.07) is 4.01. The van der Waals surface area contributed by atoms with Crippen LogP contribution in [-0.4, -0.2) is 51.3 Å². The van der Waals surface area contributed by atoms with E-state index in [0.717, 1.165) is 0 Å². The Labute approximate surface area is 140 Å². The second kappa shape index (κ2) is 7.54. The molecule has 0 aliphatic carbocycles. The lowest BCUT2D eigenvalue weighted by Gasteiger charge is -2.32. The Morgan fingerprint density at radius 2 is 2.00 bits per heavy atom. The Kier molecular flexibility index (Phi) is 5.89. The third-order valence-electron chi connectivity index (χ3n) is 4.10. The molecule has 2 rings (SSSR count). The van der Waals surface area contributed by atoms with Crippen molar-refractivity contribution in [1.29, 1.82) is 0 Å². The average molecular weight is 361 g/mol. The Hall–Kier alpha value is -1.58. The minimum atomic E-state index is -3.89. The van der Waals surface area contributed by atoms with E-state index < -0.39 is 16.4 Å². The summed E-state index contributed by atoms with van der Waals surface area (Å²) in [7, 11) is -3.89. The summed E-state index contributed by atoms with van der Waals surface area (Å²) >= 11 is 0. The molecule has 0 spiro atoms. The number of primary sulfonamides is 1. The smallest absolute Gasteiger partial charge is 0.251 e. The molecular formula is C15H21F2N3O3S. The van der Waals surface area contributed by atoms with E-state index in [4.69, 9.17) is 5.14 Å². The summed E-state index contributed by atoms with van der Waals surface area (Å²) in [6.07, 6.45) is -1.21. The van der Waals surface area contributed by atoms with Crippen LogP contribution in [0, 0.1) is 6.92 Å². The third-order valence-corrected chi connectivity index (χ3v) is 5.01. The van der Waals surface area contributed by atoms with Gasteiger partial charge < -0.3 is 5.32 Å². The lowest BCUT2D eigenvalue weighted by molar-refractivity contribution is 0.0696. The van der Waals surface area contributed by atoms with Gasteiger partial charge in [-0.1, -0.05) is 6.07 Å². The van der Waals surface area contributed by atoms with Gasteiger partial charge in [-0.2, -0.15) is 0 Å². The van der Waals surface area contributed by atoms with Gasteiger partial charge in [0.1, 0.15) is 0 Å². The highest BCUT2D eigenvalue weighted by Gasteiger charge is 2.23. The van der Waals surface area contributed by atoms with E-state index in [2.05, 4.69) is 5.32 Å². The zero-order valence-corrected chi connectivity index (χ0v) is 14.2. The van der Waals surface area contributed by atoms with Crippen molar-refractivity contribution < 1.29 is 22.0 Å². The fourth-order valence-corrected chi connectivity index (χ4v) is 3.28. The molecule has 3 N–H and O–H groups in total. The van der Waals surface area contributed by atoms with Crippen LogP contribution in [-0.2, 0) is 10.0 Å². The number of aryl methyl sites for hydroxylation is 1. The predicted molar refractivity (Wildman–Crippen MR) is 85.5 cm³/mol. The van der Waals surface area contributed by atoms with Gasteiger partial charge in [-0.3, -0.25) is 9.69 Å². The number of carbonyl (C=O) groups is 1. The van der Waals surface area contributed by atoms with Crippen molar-refractivity contribution in [1.82, 2.24) is 10.2 Å². The topological polar surface area (TPSA) is 92.5 Å². The molecule has 0 saturated carbocycles. The van der Waals surface area contributed by atoms with E-state index in [9.17, 15) is 22.0 Å². The molecule has 1 saturated heterocycles. The average Bonchev–Trinajstić information content (AvgIpc) is 2.48. The minimum absolute atomic E-state index is 0.120. The van der Waals surface area contributed by atoms with E-state index in [0.29, 0.717) is 31.5 Å². The molecule has 0 radical (unpaired) electrons. The summed E-state index contributed by atoms with van der Waals surface area (Å²) in [5.74, 6) is -0.384. The second-order valence-corrected chi connectivity index (χ2v) is 7.52. The van der Waals surface area contributed by atoms with Crippen LogP contribution >= 0.6 is 0 Å². The molecular weight excluding hydrogens is 340 g/mol. The zero-order chi connectivity index (χ0) is 17.9. The van der Waals surface area contributed by atoms with Gasteiger partial charge in [-0.15, -0.1) is 0 Å². The lowest BCUT2D eigenvalue weighted by Crippen LogP contribution is -2.45. The number of likely N-dealkylation sites (tertiary alicyclic amines) is 1. The maximum Gasteiger partial charge on any atom is 0.251 e. The molecule has 1 aliphatic heterocycles. The van der Waals surface area contributed by atoms with Crippen LogP contribution in [0.5, 0.6) is 0 Å². The predicted octanol–water partition coefficient (Wildman–Crippen LogP) is 1.10. The number of alkyl halides is 2. The first-order valence-corrected chi connectivity index (χ1v) is 9.16. The van der Waals surface area contributed by atoms with E-state index in [1.54, 1.807) is 11.8 Å². The van der Waals surface area contributed by atoms with Crippen molar-refractivity contribution in [2.45, 2.75) is 37.1 Å². The van der Waals surface area contributed by atoms with E-state index >= 15 is 0 Å². The lowest BCUT2D eigenvalue weighted by atomic mass is 10.0. The molecule has 1 heterocycles. The van der Waals surface area contributed by atoms with Crippen LogP contribution in [0.25, 0.3) is 0 Å². The maximum atomic E-state index is 12.4. The summed E-state index contributed by atoms with van der Waals surface area (Å²) in [5.41, 5.74) is 0.881. The minimum Gasteiger partial charge on any atom is -0.349 e. The number of nitrogens with two attached hydrogens (primary N) is 1. The fourth-order valence-electron chi connectivity index (χ4n) is 2.74. The van der Waals surface area contributed by atoms with Gasteiger partial charge in [-0.25, -0.2) is 22.3 Å². The Morgan fingerprint density at radius 3 is 2.54 bits per heavy atom. The van der Waals surface area contributed by atoms with Crippen molar-refractivity contribution in [2.75, 3.05) is 19.6 Å². The van der Waals surface area contributed by atoms with Crippen LogP contribution in [0.15, 0.2) is 23.1 Å². The third kappa shape index (κ3) is 4.96. The van der Waals surface area contributed by atoms with Crippen LogP contribution < -0.4 is 10.5 Å². The number of hydrogen-bond donors (Lipinski definition) is 2. The first-order valence-electron chi connectivity index (χ1n) is 7.61. The van der Waals surface area contributed by atoms with Gasteiger partial charge in [0.15, 0.2) is 0 Å². The van der Waals surface area contributed by atoms with Crippen molar-refractivity contribution in [3.63, 3.8) is 0 Å². The summed E-state index contributed by atoms with van der Waals surface area (Å²) in [6.45, 7) is 2.43. The number of piperidine rings is 1. The van der Waals surface area contributed by atoms with E-state index in [1.807, 2.05) is 0 Å². The van der Waals surface area contributed by atoms with Gasteiger partial charge >= 0.3 is 0 Å². The van der Waals surface area contributed by atoms with Crippen molar-refractivity contribution in [3.8, 4) is 0 Å². The van der Waals surface area contributed by atoms with Gasteiger partial charge in [0, 0.05) is 24.7 Å². The number of nitrogens with one attached hydrogen (secondary N) is 1. The number of carbonyl (C=O) groups excluding carboxylic acids is 1. The largest absolute Gasteiger partial charge is 0.349 e. The van der Waals surface area contributed by atoms with Crippen LogP contribution in [0.2, 0.25) is 0 Å². The number of sulfonamides is 1. The van der Waals surface area contributed by atoms with Gasteiger partial charge in [-0.05, 0) is 37.5 Å². The highest BCUT2D eigenvalue weighted by molar-refractivity contribution is 7.89. The molecule has 0 atom stereocenters. The number of hydrogen-bond acceptors (Lipinski definition) is 4. The number of benzene rings is 1. The van der Waals surface area contributed by atoms with Crippen LogP contribution in [0.1, 0.15) is 28.8 Å². The molecule has 1 amide bonds. The van der Waals surface area contributed by atoms with Crippen LogP contribution in [0.3, 0.4) is 0 Å². The van der Waals surface area contributed by atoms with Gasteiger partial charge in [0.05, 0.1) is 11.4 Å². The molecule has 1 aliphatic rings. The summed E-state index contributed by atoms with van der Waals surface area (Å²) < 4.78 is 47.5. The molecule has 1 aromatic carbocycles. The summed E-state index contributed by atoms with van der Waals surface area (Å²) in [5, 5.41) is 7.93. The van der Waals surface area contributed by atoms with Gasteiger partial charge in [0.25, 0.3) is 12.3 Å². The normalized spacial score (nSPS) is 17.2. The van der Waals surface area contributed by atoms with Gasteiger partial charge in [0.2, 0.25) is 10.0 Å². The fraction of sp³-hybridized carbons (Fsp3) is 0.533. The number of halogens is 2. The number of amides is 1. The first-order chi connectivity index (χ1) is 11.2. The molecule has 1 fully saturated rings. The standard InChI is InChI=1S/C15H21F2N3O3S/c1-10-2-3-12(24(18,22)23)8-13(10)15(21)19-11-4-6-20(7-5-11)9-14(16)17/h2-3,8,11,14H,4-7,9H2,1H3,(H,19,21)(H2,18,22,23). The molecule has 0 bridgehead atoms. The molecule has 0 aromatic heterocycles. The molecule has 9 heteroatoms. The van der Waals surface area contributed by atoms with E-state index in [-0.39, 0.29) is 29.0 Å². The SMILES string of the molecule is Cc1ccc(S(N)(=O)=O)cc1C(=O)NC1CCN(CC(F)F)CC1. The molecule has 24 heavy (non-hydrogen) atoms. The molecule has 134 valence electrons. The van der Waals surface area contributed by atoms with Crippen molar-refractivity contribution in [2.24, 2.45) is 5.14 Å². The Balaban J connectivity index is 2.01. The monoisotopic (exact) mass is 361 g/mol. The quantitative estimate of drug-likeness (QED) is 0.821. The Morgan fingerprint density at radius 1 is 1.38 bits per heavy atom. The van der Waals surface area contributed by atoms with Crippen molar-refractivity contribution in [3.05, 3.63) is 29.3 Å². The van der Waals surface area contributed by atoms with E-state index in [1.165, 1.54) is 18.2 Å². The highest BCUT2D eigenvalue weighted by Crippen LogP contribution is 2.17. The zero-order valence-electron chi connectivity index (χ0n) is 13.3. The number of rotatable bonds is 5. The molecule has 6 nitrogen and oxygen atoms in total. The molecule has 1 aromatic rings. The first kappa shape index (κ1) is 18.8. The maximum absolute atomic E-state index is 12.4. The molecule has 0 unspecified atom stereocenters. The second-order valence-electron chi connectivity index (χ2n) is 5.96. The Bertz CT molecular complexity index is 702. The van der Waals surface area contributed by atoms with Crippen molar-refractivity contribution >= 4 is 15.9 Å². The highest BCUT2D eigenvalue weighted by atomic mass is 32.2. The summed E-state index contributed by atoms with van der Waals surface area (Å²) in [4.78, 5) is 13.9. The number of nitrogens with zero attached hydrogens (tertiary/aromatic N) is 1. The van der Waals surface area contributed by atoms with Crippen LogP contribution in [0.4, 0.5) is 8.78 Å².